The SMILES string of the molecule is CC(C)[C@@H](NC(=O)CSc1ccc2ccccc2c1)c1nc2ccccc2[nH]1. The third-order valence-corrected chi connectivity index (χ3v) is 5.77. The number of rotatable bonds is 6. The zero-order valence-corrected chi connectivity index (χ0v) is 16.8. The van der Waals surface area contributed by atoms with Gasteiger partial charge in [-0.1, -0.05) is 56.3 Å². The third-order valence-electron chi connectivity index (χ3n) is 4.78. The molecule has 3 aromatic carbocycles. The maximum atomic E-state index is 12.6. The van der Waals surface area contributed by atoms with Crippen molar-refractivity contribution in [2.24, 2.45) is 5.92 Å². The van der Waals surface area contributed by atoms with E-state index in [4.69, 9.17) is 0 Å². The molecule has 28 heavy (non-hydrogen) atoms. The van der Waals surface area contributed by atoms with Gasteiger partial charge >= 0.3 is 0 Å². The number of thioether (sulfide) groups is 1. The van der Waals surface area contributed by atoms with Gasteiger partial charge in [0, 0.05) is 4.90 Å². The molecular formula is C23H23N3OS. The fraction of sp³-hybridized carbons (Fsp3) is 0.217. The van der Waals surface area contributed by atoms with Gasteiger partial charge in [-0.25, -0.2) is 4.98 Å². The van der Waals surface area contributed by atoms with Gasteiger partial charge in [0.05, 0.1) is 22.8 Å². The molecule has 0 unspecified atom stereocenters. The topological polar surface area (TPSA) is 57.8 Å². The van der Waals surface area contributed by atoms with Crippen LogP contribution >= 0.6 is 11.8 Å². The maximum absolute atomic E-state index is 12.6. The lowest BCUT2D eigenvalue weighted by atomic mass is 10.0. The molecule has 2 N–H and O–H groups in total. The second-order valence-corrected chi connectivity index (χ2v) is 8.27. The predicted molar refractivity (Wildman–Crippen MR) is 116 cm³/mol. The highest BCUT2D eigenvalue weighted by Gasteiger charge is 2.21. The van der Waals surface area contributed by atoms with Crippen molar-refractivity contribution in [2.75, 3.05) is 5.75 Å². The standard InChI is InChI=1S/C23H23N3OS/c1-15(2)22(23-24-19-9-5-6-10-20(19)25-23)26-21(27)14-28-18-12-11-16-7-3-4-8-17(16)13-18/h3-13,15,22H,14H2,1-2H3,(H,24,25)(H,26,27)/t22-/m1/s1. The number of hydrogen-bond acceptors (Lipinski definition) is 3. The molecule has 0 aliphatic heterocycles. The smallest absolute Gasteiger partial charge is 0.230 e. The normalized spacial score (nSPS) is 12.5. The van der Waals surface area contributed by atoms with Gasteiger partial charge in [0.2, 0.25) is 5.91 Å². The molecule has 142 valence electrons. The van der Waals surface area contributed by atoms with E-state index in [1.54, 1.807) is 11.8 Å². The van der Waals surface area contributed by atoms with Crippen molar-refractivity contribution in [3.05, 3.63) is 72.6 Å². The average molecular weight is 390 g/mol. The predicted octanol–water partition coefficient (Wildman–Crippen LogP) is 5.32. The van der Waals surface area contributed by atoms with Crippen molar-refractivity contribution in [1.82, 2.24) is 15.3 Å². The van der Waals surface area contributed by atoms with Crippen LogP contribution in [0.1, 0.15) is 25.7 Å². The maximum Gasteiger partial charge on any atom is 0.230 e. The Morgan fingerprint density at radius 1 is 1.04 bits per heavy atom. The zero-order chi connectivity index (χ0) is 19.5. The molecule has 0 aliphatic rings. The molecule has 0 fully saturated rings. The minimum Gasteiger partial charge on any atom is -0.345 e. The fourth-order valence-electron chi connectivity index (χ4n) is 3.29. The van der Waals surface area contributed by atoms with Gasteiger partial charge < -0.3 is 10.3 Å². The number of nitrogens with zero attached hydrogens (tertiary/aromatic N) is 1. The number of fused-ring (bicyclic) bond motifs is 2. The monoisotopic (exact) mass is 389 g/mol. The highest BCUT2D eigenvalue weighted by atomic mass is 32.2. The van der Waals surface area contributed by atoms with Crippen molar-refractivity contribution in [2.45, 2.75) is 24.8 Å². The minimum atomic E-state index is -0.142. The zero-order valence-electron chi connectivity index (χ0n) is 16.0. The molecule has 1 heterocycles. The average Bonchev–Trinajstić information content (AvgIpc) is 3.14. The van der Waals surface area contributed by atoms with Crippen LogP contribution in [0.3, 0.4) is 0 Å². The second-order valence-electron chi connectivity index (χ2n) is 7.23. The molecule has 1 aromatic heterocycles. The quantitative estimate of drug-likeness (QED) is 0.439. The number of carbonyl (C=O) groups is 1. The summed E-state index contributed by atoms with van der Waals surface area (Å²) in [4.78, 5) is 21.7. The summed E-state index contributed by atoms with van der Waals surface area (Å²) in [5, 5.41) is 5.55. The summed E-state index contributed by atoms with van der Waals surface area (Å²) in [5.74, 6) is 1.43. The van der Waals surface area contributed by atoms with E-state index in [0.717, 1.165) is 21.8 Å². The first-order valence-corrected chi connectivity index (χ1v) is 10.4. The molecule has 0 spiro atoms. The van der Waals surface area contributed by atoms with Gasteiger partial charge in [0.25, 0.3) is 0 Å². The van der Waals surface area contributed by atoms with Crippen molar-refractivity contribution >= 4 is 39.5 Å². The van der Waals surface area contributed by atoms with E-state index in [0.29, 0.717) is 5.75 Å². The number of para-hydroxylation sites is 2. The molecule has 0 aliphatic carbocycles. The summed E-state index contributed by atoms with van der Waals surface area (Å²) in [5.41, 5.74) is 1.91. The number of aromatic nitrogens is 2. The van der Waals surface area contributed by atoms with Crippen LogP contribution in [-0.2, 0) is 4.79 Å². The van der Waals surface area contributed by atoms with E-state index in [1.807, 2.05) is 36.4 Å². The Bertz CT molecular complexity index is 1090. The molecule has 4 rings (SSSR count). The Hall–Kier alpha value is -2.79. The molecule has 5 heteroatoms. The lowest BCUT2D eigenvalue weighted by Gasteiger charge is -2.20. The minimum absolute atomic E-state index is 0.0114. The number of aromatic amines is 1. The number of H-pyrrole nitrogens is 1. The molecule has 0 saturated heterocycles. The van der Waals surface area contributed by atoms with Gasteiger partial charge in [0.1, 0.15) is 5.82 Å². The van der Waals surface area contributed by atoms with Gasteiger partial charge in [-0.15, -0.1) is 11.8 Å². The summed E-state index contributed by atoms with van der Waals surface area (Å²) in [6.45, 7) is 4.18. The fourth-order valence-corrected chi connectivity index (χ4v) is 4.05. The molecule has 1 amide bonds. The van der Waals surface area contributed by atoms with Crippen LogP contribution in [-0.4, -0.2) is 21.6 Å². The summed E-state index contributed by atoms with van der Waals surface area (Å²) < 4.78 is 0. The van der Waals surface area contributed by atoms with Gasteiger partial charge in [-0.3, -0.25) is 4.79 Å². The summed E-state index contributed by atoms with van der Waals surface area (Å²) in [6.07, 6.45) is 0. The number of benzene rings is 3. The summed E-state index contributed by atoms with van der Waals surface area (Å²) in [7, 11) is 0. The van der Waals surface area contributed by atoms with E-state index < -0.39 is 0 Å². The lowest BCUT2D eigenvalue weighted by Crippen LogP contribution is -2.33. The van der Waals surface area contributed by atoms with E-state index in [-0.39, 0.29) is 17.9 Å². The summed E-state index contributed by atoms with van der Waals surface area (Å²) >= 11 is 1.55. The Kier molecular flexibility index (Phi) is 5.35. The third kappa shape index (κ3) is 4.04. The van der Waals surface area contributed by atoms with Crippen molar-refractivity contribution < 1.29 is 4.79 Å². The Morgan fingerprint density at radius 3 is 2.57 bits per heavy atom. The Morgan fingerprint density at radius 2 is 1.79 bits per heavy atom. The van der Waals surface area contributed by atoms with Crippen LogP contribution in [0, 0.1) is 5.92 Å². The number of imidazole rings is 1. The number of nitrogens with one attached hydrogen (secondary N) is 2. The molecule has 0 saturated carbocycles. The van der Waals surface area contributed by atoms with Crippen molar-refractivity contribution in [3.8, 4) is 0 Å². The van der Waals surface area contributed by atoms with Gasteiger partial charge in [-0.05, 0) is 41.0 Å². The first kappa shape index (κ1) is 18.6. The highest BCUT2D eigenvalue weighted by Crippen LogP contribution is 2.25. The first-order chi connectivity index (χ1) is 13.6. The van der Waals surface area contributed by atoms with E-state index >= 15 is 0 Å². The van der Waals surface area contributed by atoms with E-state index in [9.17, 15) is 4.79 Å². The van der Waals surface area contributed by atoms with Crippen LogP contribution in [0.15, 0.2) is 71.6 Å². The molecule has 4 aromatic rings. The van der Waals surface area contributed by atoms with Crippen LogP contribution in [0.2, 0.25) is 0 Å². The number of hydrogen-bond donors (Lipinski definition) is 2. The van der Waals surface area contributed by atoms with E-state index in [2.05, 4.69) is 59.5 Å². The highest BCUT2D eigenvalue weighted by molar-refractivity contribution is 8.00. The Labute approximate surface area is 168 Å². The lowest BCUT2D eigenvalue weighted by molar-refractivity contribution is -0.119. The van der Waals surface area contributed by atoms with Gasteiger partial charge in [-0.2, -0.15) is 0 Å². The van der Waals surface area contributed by atoms with Crippen LogP contribution in [0.4, 0.5) is 0 Å². The molecule has 4 nitrogen and oxygen atoms in total. The van der Waals surface area contributed by atoms with Crippen molar-refractivity contribution in [3.63, 3.8) is 0 Å². The molecule has 0 radical (unpaired) electrons. The first-order valence-electron chi connectivity index (χ1n) is 9.46. The molecular weight excluding hydrogens is 366 g/mol. The van der Waals surface area contributed by atoms with Crippen molar-refractivity contribution in [1.29, 1.82) is 0 Å². The van der Waals surface area contributed by atoms with Crippen LogP contribution < -0.4 is 5.32 Å². The second kappa shape index (κ2) is 8.07. The number of amides is 1. The van der Waals surface area contributed by atoms with Crippen LogP contribution in [0.5, 0.6) is 0 Å². The molecule has 0 bridgehead atoms. The van der Waals surface area contributed by atoms with Crippen LogP contribution in [0.25, 0.3) is 21.8 Å². The Balaban J connectivity index is 1.44. The van der Waals surface area contributed by atoms with Gasteiger partial charge in [0.15, 0.2) is 0 Å². The largest absolute Gasteiger partial charge is 0.345 e. The molecule has 1 atom stereocenters. The van der Waals surface area contributed by atoms with E-state index in [1.165, 1.54) is 10.8 Å². The summed E-state index contributed by atoms with van der Waals surface area (Å²) in [6, 6.07) is 22.3. The number of carbonyl (C=O) groups excluding carboxylic acids is 1.